The van der Waals surface area contributed by atoms with Gasteiger partial charge in [-0.2, -0.15) is 0 Å². The van der Waals surface area contributed by atoms with E-state index in [9.17, 15) is 4.79 Å². The minimum atomic E-state index is -0.206. The van der Waals surface area contributed by atoms with Crippen molar-refractivity contribution in [2.75, 3.05) is 20.2 Å². The Hall–Kier alpha value is -1.35. The zero-order chi connectivity index (χ0) is 15.9. The van der Waals surface area contributed by atoms with Crippen LogP contribution in [-0.4, -0.2) is 26.2 Å². The summed E-state index contributed by atoms with van der Waals surface area (Å²) >= 11 is 0. The second kappa shape index (κ2) is 13.3. The Morgan fingerprint density at radius 2 is 1.41 bits per heavy atom. The molecule has 0 unspecified atom stereocenters. The lowest BCUT2D eigenvalue weighted by Gasteiger charge is -2.05. The monoisotopic (exact) mass is 305 g/mol. The summed E-state index contributed by atoms with van der Waals surface area (Å²) in [6, 6.07) is 9.19. The van der Waals surface area contributed by atoms with Crippen LogP contribution in [0.5, 0.6) is 0 Å². The summed E-state index contributed by atoms with van der Waals surface area (Å²) < 4.78 is 5.27. The van der Waals surface area contributed by atoms with Gasteiger partial charge in [-0.25, -0.2) is 4.79 Å². The average molecular weight is 305 g/mol. The number of benzene rings is 1. The zero-order valence-corrected chi connectivity index (χ0v) is 14.0. The van der Waals surface area contributed by atoms with Crippen LogP contribution in [0, 0.1) is 0 Å². The maximum Gasteiger partial charge on any atom is 0.338 e. The predicted octanol–water partition coefficient (Wildman–Crippen LogP) is 4.57. The molecule has 1 N–H and O–H groups in total. The van der Waals surface area contributed by atoms with Gasteiger partial charge in [0.1, 0.15) is 0 Å². The van der Waals surface area contributed by atoms with E-state index in [0.717, 1.165) is 19.4 Å². The van der Waals surface area contributed by atoms with Crippen LogP contribution in [0.3, 0.4) is 0 Å². The Bertz CT molecular complexity index is 378. The lowest BCUT2D eigenvalue weighted by molar-refractivity contribution is 0.0497. The van der Waals surface area contributed by atoms with Gasteiger partial charge in [0.05, 0.1) is 12.2 Å². The van der Waals surface area contributed by atoms with E-state index < -0.39 is 0 Å². The van der Waals surface area contributed by atoms with Gasteiger partial charge in [0, 0.05) is 0 Å². The number of hydrogen-bond acceptors (Lipinski definition) is 3. The molecule has 1 aromatic carbocycles. The highest BCUT2D eigenvalue weighted by Crippen LogP contribution is 2.10. The van der Waals surface area contributed by atoms with Crippen molar-refractivity contribution in [3.8, 4) is 0 Å². The van der Waals surface area contributed by atoms with Crippen LogP contribution >= 0.6 is 0 Å². The van der Waals surface area contributed by atoms with Crippen LogP contribution in [0.2, 0.25) is 0 Å². The number of esters is 1. The van der Waals surface area contributed by atoms with E-state index in [-0.39, 0.29) is 5.97 Å². The molecule has 0 saturated carbocycles. The number of rotatable bonds is 13. The third-order valence-electron chi connectivity index (χ3n) is 3.81. The fourth-order valence-corrected chi connectivity index (χ4v) is 2.46. The van der Waals surface area contributed by atoms with Crippen molar-refractivity contribution in [3.05, 3.63) is 35.9 Å². The van der Waals surface area contributed by atoms with E-state index in [1.54, 1.807) is 12.1 Å². The van der Waals surface area contributed by atoms with E-state index in [4.69, 9.17) is 4.74 Å². The van der Waals surface area contributed by atoms with E-state index in [2.05, 4.69) is 5.32 Å². The molecule has 0 saturated heterocycles. The summed E-state index contributed by atoms with van der Waals surface area (Å²) in [6.45, 7) is 1.68. The molecule has 1 rings (SSSR count). The van der Waals surface area contributed by atoms with Gasteiger partial charge in [-0.05, 0) is 38.6 Å². The summed E-state index contributed by atoms with van der Waals surface area (Å²) in [5.41, 5.74) is 0.640. The normalized spacial score (nSPS) is 10.6. The molecule has 0 aliphatic rings. The van der Waals surface area contributed by atoms with Crippen LogP contribution < -0.4 is 5.32 Å². The first-order valence-corrected chi connectivity index (χ1v) is 8.71. The van der Waals surface area contributed by atoms with Gasteiger partial charge in [0.25, 0.3) is 0 Å². The quantitative estimate of drug-likeness (QED) is 0.428. The molecule has 3 heteroatoms. The molecule has 0 heterocycles. The first kappa shape index (κ1) is 18.7. The molecule has 22 heavy (non-hydrogen) atoms. The SMILES string of the molecule is CNCCCCCCCCCCCOC(=O)c1ccccc1. The highest BCUT2D eigenvalue weighted by Gasteiger charge is 2.04. The van der Waals surface area contributed by atoms with Crippen LogP contribution in [0.25, 0.3) is 0 Å². The highest BCUT2D eigenvalue weighted by molar-refractivity contribution is 5.89. The number of nitrogens with one attached hydrogen (secondary N) is 1. The summed E-state index contributed by atoms with van der Waals surface area (Å²) in [5, 5.41) is 3.18. The Balaban J connectivity index is 1.85. The van der Waals surface area contributed by atoms with Crippen molar-refractivity contribution >= 4 is 5.97 Å². The first-order valence-electron chi connectivity index (χ1n) is 8.71. The molecule has 1 aromatic rings. The lowest BCUT2D eigenvalue weighted by atomic mass is 10.1. The molecule has 0 bridgehead atoms. The number of ether oxygens (including phenoxy) is 1. The molecule has 0 aliphatic heterocycles. The van der Waals surface area contributed by atoms with Crippen molar-refractivity contribution in [2.24, 2.45) is 0 Å². The van der Waals surface area contributed by atoms with Crippen LogP contribution in [-0.2, 0) is 4.74 Å². The van der Waals surface area contributed by atoms with Crippen molar-refractivity contribution in [1.82, 2.24) is 5.32 Å². The number of unbranched alkanes of at least 4 members (excludes halogenated alkanes) is 8. The fourth-order valence-electron chi connectivity index (χ4n) is 2.46. The summed E-state index contributed by atoms with van der Waals surface area (Å²) in [5.74, 6) is -0.206. The number of hydrogen-bond donors (Lipinski definition) is 1. The summed E-state index contributed by atoms with van der Waals surface area (Å²) in [6.07, 6.45) is 11.4. The van der Waals surface area contributed by atoms with E-state index in [0.29, 0.717) is 12.2 Å². The van der Waals surface area contributed by atoms with Crippen LogP contribution in [0.4, 0.5) is 0 Å². The minimum Gasteiger partial charge on any atom is -0.462 e. The standard InChI is InChI=1S/C19H31NO2/c1-20-16-12-7-5-3-2-4-6-8-13-17-22-19(21)18-14-10-9-11-15-18/h9-11,14-15,20H,2-8,12-13,16-17H2,1H3. The highest BCUT2D eigenvalue weighted by atomic mass is 16.5. The largest absolute Gasteiger partial charge is 0.462 e. The first-order chi connectivity index (χ1) is 10.8. The Labute approximate surface area is 135 Å². The predicted molar refractivity (Wildman–Crippen MR) is 92.2 cm³/mol. The Morgan fingerprint density at radius 1 is 0.864 bits per heavy atom. The van der Waals surface area contributed by atoms with Gasteiger partial charge in [-0.15, -0.1) is 0 Å². The molecule has 0 fully saturated rings. The maximum atomic E-state index is 11.7. The second-order valence-corrected chi connectivity index (χ2v) is 5.79. The minimum absolute atomic E-state index is 0.206. The molecule has 0 aromatic heterocycles. The number of carbonyl (C=O) groups is 1. The summed E-state index contributed by atoms with van der Waals surface area (Å²) in [4.78, 5) is 11.7. The topological polar surface area (TPSA) is 38.3 Å². The van der Waals surface area contributed by atoms with Crippen LogP contribution in [0.15, 0.2) is 30.3 Å². The van der Waals surface area contributed by atoms with E-state index in [1.165, 1.54) is 44.9 Å². The fraction of sp³-hybridized carbons (Fsp3) is 0.632. The summed E-state index contributed by atoms with van der Waals surface area (Å²) in [7, 11) is 2.01. The molecule has 3 nitrogen and oxygen atoms in total. The van der Waals surface area contributed by atoms with Gasteiger partial charge < -0.3 is 10.1 Å². The smallest absolute Gasteiger partial charge is 0.338 e. The molecule has 0 spiro atoms. The van der Waals surface area contributed by atoms with Crippen molar-refractivity contribution in [2.45, 2.75) is 57.8 Å². The molecular formula is C19H31NO2. The molecule has 0 amide bonds. The Kier molecular flexibility index (Phi) is 11.3. The van der Waals surface area contributed by atoms with E-state index >= 15 is 0 Å². The Morgan fingerprint density at radius 3 is 2.00 bits per heavy atom. The molecule has 124 valence electrons. The van der Waals surface area contributed by atoms with E-state index in [1.807, 2.05) is 25.2 Å². The number of carbonyl (C=O) groups excluding carboxylic acids is 1. The lowest BCUT2D eigenvalue weighted by Crippen LogP contribution is -2.06. The molecular weight excluding hydrogens is 274 g/mol. The van der Waals surface area contributed by atoms with Crippen molar-refractivity contribution in [1.29, 1.82) is 0 Å². The van der Waals surface area contributed by atoms with Crippen molar-refractivity contribution < 1.29 is 9.53 Å². The molecule has 0 atom stereocenters. The van der Waals surface area contributed by atoms with Gasteiger partial charge in [-0.3, -0.25) is 0 Å². The van der Waals surface area contributed by atoms with Gasteiger partial charge in [0.15, 0.2) is 0 Å². The van der Waals surface area contributed by atoms with Crippen molar-refractivity contribution in [3.63, 3.8) is 0 Å². The second-order valence-electron chi connectivity index (χ2n) is 5.79. The third kappa shape index (κ3) is 9.56. The average Bonchev–Trinajstić information content (AvgIpc) is 2.56. The zero-order valence-electron chi connectivity index (χ0n) is 14.0. The van der Waals surface area contributed by atoms with Gasteiger partial charge in [-0.1, -0.05) is 63.1 Å². The van der Waals surface area contributed by atoms with Gasteiger partial charge in [0.2, 0.25) is 0 Å². The molecule has 0 radical (unpaired) electrons. The van der Waals surface area contributed by atoms with Crippen LogP contribution in [0.1, 0.15) is 68.1 Å². The third-order valence-corrected chi connectivity index (χ3v) is 3.81. The maximum absolute atomic E-state index is 11.7. The van der Waals surface area contributed by atoms with Gasteiger partial charge >= 0.3 is 5.97 Å². The molecule has 0 aliphatic carbocycles.